The highest BCUT2D eigenvalue weighted by Crippen LogP contribution is 2.18. The van der Waals surface area contributed by atoms with Gasteiger partial charge in [0, 0.05) is 25.0 Å². The van der Waals surface area contributed by atoms with E-state index in [0.29, 0.717) is 28.9 Å². The van der Waals surface area contributed by atoms with Gasteiger partial charge in [0.05, 0.1) is 5.39 Å². The molecule has 0 aliphatic carbocycles. The van der Waals surface area contributed by atoms with Gasteiger partial charge < -0.3 is 4.90 Å². The van der Waals surface area contributed by atoms with E-state index in [2.05, 4.69) is 5.10 Å². The zero-order valence-corrected chi connectivity index (χ0v) is 13.8. The topological polar surface area (TPSA) is 55.2 Å². The van der Waals surface area contributed by atoms with Crippen LogP contribution in [0, 0.1) is 5.92 Å². The smallest absolute Gasteiger partial charge is 0.274 e. The van der Waals surface area contributed by atoms with Crippen LogP contribution in [0.1, 0.15) is 43.6 Å². The Kier molecular flexibility index (Phi) is 4.46. The Balaban J connectivity index is 2.12. The quantitative estimate of drug-likeness (QED) is 0.875. The summed E-state index contributed by atoms with van der Waals surface area (Å²) in [6.07, 6.45) is 3.25. The van der Waals surface area contributed by atoms with Crippen molar-refractivity contribution in [3.05, 3.63) is 40.3 Å². The van der Waals surface area contributed by atoms with Gasteiger partial charge in [0.15, 0.2) is 5.69 Å². The second-order valence-electron chi connectivity index (χ2n) is 6.63. The molecule has 5 heteroatoms. The summed E-state index contributed by atoms with van der Waals surface area (Å²) in [6.45, 7) is 6.14. The maximum Gasteiger partial charge on any atom is 0.274 e. The van der Waals surface area contributed by atoms with Crippen molar-refractivity contribution >= 4 is 16.7 Å². The predicted molar refractivity (Wildman–Crippen MR) is 90.6 cm³/mol. The monoisotopic (exact) mass is 313 g/mol. The van der Waals surface area contributed by atoms with E-state index in [1.807, 2.05) is 36.9 Å². The lowest BCUT2D eigenvalue weighted by Gasteiger charge is -2.27. The summed E-state index contributed by atoms with van der Waals surface area (Å²) in [4.78, 5) is 27.4. The van der Waals surface area contributed by atoms with Crippen LogP contribution in [0.3, 0.4) is 0 Å². The van der Waals surface area contributed by atoms with Gasteiger partial charge >= 0.3 is 0 Å². The third-order valence-electron chi connectivity index (χ3n) is 4.25. The van der Waals surface area contributed by atoms with Crippen LogP contribution in [0.2, 0.25) is 0 Å². The highest BCUT2D eigenvalue weighted by Gasteiger charge is 2.23. The molecule has 0 unspecified atom stereocenters. The third kappa shape index (κ3) is 3.14. The minimum atomic E-state index is -0.121. The van der Waals surface area contributed by atoms with Crippen LogP contribution in [0.5, 0.6) is 0 Å². The van der Waals surface area contributed by atoms with Gasteiger partial charge in [-0.1, -0.05) is 32.0 Å². The van der Waals surface area contributed by atoms with E-state index >= 15 is 0 Å². The molecule has 0 atom stereocenters. The average Bonchev–Trinajstić information content (AvgIpc) is 2.57. The van der Waals surface area contributed by atoms with Crippen LogP contribution < -0.4 is 5.56 Å². The van der Waals surface area contributed by atoms with Crippen LogP contribution in [0.15, 0.2) is 29.1 Å². The number of rotatable bonds is 3. The fraction of sp³-hybridized carbons (Fsp3) is 0.500. The van der Waals surface area contributed by atoms with E-state index in [0.717, 1.165) is 25.9 Å². The Morgan fingerprint density at radius 3 is 2.43 bits per heavy atom. The maximum atomic E-state index is 12.9. The van der Waals surface area contributed by atoms with Gasteiger partial charge in [-0.05, 0) is 31.2 Å². The van der Waals surface area contributed by atoms with Gasteiger partial charge in [0.2, 0.25) is 0 Å². The molecule has 1 saturated heterocycles. The van der Waals surface area contributed by atoms with E-state index in [9.17, 15) is 9.59 Å². The second kappa shape index (κ2) is 6.52. The Morgan fingerprint density at radius 1 is 1.13 bits per heavy atom. The first kappa shape index (κ1) is 15.7. The van der Waals surface area contributed by atoms with Crippen molar-refractivity contribution in [2.45, 2.75) is 39.7 Å². The summed E-state index contributed by atoms with van der Waals surface area (Å²) in [5, 5.41) is 5.66. The molecular weight excluding hydrogens is 290 g/mol. The molecule has 1 fully saturated rings. The summed E-state index contributed by atoms with van der Waals surface area (Å²) in [7, 11) is 0. The average molecular weight is 313 g/mol. The SMILES string of the molecule is CC(C)Cn1nc(C(=O)N2CCCCC2)c2ccccc2c1=O. The summed E-state index contributed by atoms with van der Waals surface area (Å²) >= 11 is 0. The van der Waals surface area contributed by atoms with Crippen LogP contribution in [-0.4, -0.2) is 33.7 Å². The minimum Gasteiger partial charge on any atom is -0.337 e. The molecule has 0 radical (unpaired) electrons. The zero-order valence-electron chi connectivity index (χ0n) is 13.8. The van der Waals surface area contributed by atoms with Gasteiger partial charge in [-0.3, -0.25) is 9.59 Å². The molecule has 122 valence electrons. The second-order valence-corrected chi connectivity index (χ2v) is 6.63. The number of aromatic nitrogens is 2. The van der Waals surface area contributed by atoms with E-state index in [4.69, 9.17) is 0 Å². The lowest BCUT2D eigenvalue weighted by molar-refractivity contribution is 0.0717. The van der Waals surface area contributed by atoms with Crippen molar-refractivity contribution in [1.82, 2.24) is 14.7 Å². The van der Waals surface area contributed by atoms with E-state index < -0.39 is 0 Å². The number of hydrogen-bond donors (Lipinski definition) is 0. The first-order valence-electron chi connectivity index (χ1n) is 8.37. The van der Waals surface area contributed by atoms with Crippen molar-refractivity contribution in [1.29, 1.82) is 0 Å². The van der Waals surface area contributed by atoms with Crippen LogP contribution >= 0.6 is 0 Å². The summed E-state index contributed by atoms with van der Waals surface area (Å²) < 4.78 is 1.45. The summed E-state index contributed by atoms with van der Waals surface area (Å²) in [6, 6.07) is 7.28. The lowest BCUT2D eigenvalue weighted by atomic mass is 10.1. The fourth-order valence-electron chi connectivity index (χ4n) is 3.11. The van der Waals surface area contributed by atoms with Crippen LogP contribution in [-0.2, 0) is 6.54 Å². The number of likely N-dealkylation sites (tertiary alicyclic amines) is 1. The number of amides is 1. The van der Waals surface area contributed by atoms with E-state index in [1.54, 1.807) is 6.07 Å². The molecule has 1 aliphatic rings. The number of benzene rings is 1. The molecule has 2 heterocycles. The molecule has 1 amide bonds. The van der Waals surface area contributed by atoms with Crippen molar-refractivity contribution in [3.8, 4) is 0 Å². The van der Waals surface area contributed by atoms with Gasteiger partial charge in [0.1, 0.15) is 0 Å². The molecule has 0 bridgehead atoms. The number of piperidine rings is 1. The molecular formula is C18H23N3O2. The molecule has 0 spiro atoms. The molecule has 2 aromatic rings. The number of fused-ring (bicyclic) bond motifs is 1. The first-order chi connectivity index (χ1) is 11.1. The highest BCUT2D eigenvalue weighted by atomic mass is 16.2. The number of carbonyl (C=O) groups excluding carboxylic acids is 1. The maximum absolute atomic E-state index is 12.9. The first-order valence-corrected chi connectivity index (χ1v) is 8.37. The molecule has 0 saturated carbocycles. The third-order valence-corrected chi connectivity index (χ3v) is 4.25. The predicted octanol–water partition coefficient (Wildman–Crippen LogP) is 2.68. The largest absolute Gasteiger partial charge is 0.337 e. The van der Waals surface area contributed by atoms with Crippen molar-refractivity contribution < 1.29 is 4.79 Å². The van der Waals surface area contributed by atoms with Gasteiger partial charge in [-0.25, -0.2) is 4.68 Å². The van der Waals surface area contributed by atoms with Gasteiger partial charge in [0.25, 0.3) is 11.5 Å². The van der Waals surface area contributed by atoms with Gasteiger partial charge in [-0.15, -0.1) is 0 Å². The summed E-state index contributed by atoms with van der Waals surface area (Å²) in [5.41, 5.74) is 0.284. The number of carbonyl (C=O) groups is 1. The molecule has 23 heavy (non-hydrogen) atoms. The standard InChI is InChI=1S/C18H23N3O2/c1-13(2)12-21-17(22)15-9-5-4-8-14(15)16(19-21)18(23)20-10-6-3-7-11-20/h4-5,8-9,13H,3,6-7,10-12H2,1-2H3. The van der Waals surface area contributed by atoms with E-state index in [-0.39, 0.29) is 11.5 Å². The fourth-order valence-corrected chi connectivity index (χ4v) is 3.11. The molecule has 1 aromatic carbocycles. The molecule has 0 N–H and O–H groups in total. The zero-order chi connectivity index (χ0) is 16.4. The van der Waals surface area contributed by atoms with Crippen molar-refractivity contribution in [2.75, 3.05) is 13.1 Å². The van der Waals surface area contributed by atoms with E-state index in [1.165, 1.54) is 11.1 Å². The Labute approximate surface area is 135 Å². The minimum absolute atomic E-state index is 0.0570. The van der Waals surface area contributed by atoms with Crippen LogP contribution in [0.25, 0.3) is 10.8 Å². The van der Waals surface area contributed by atoms with Crippen molar-refractivity contribution in [2.24, 2.45) is 5.92 Å². The normalized spacial score (nSPS) is 15.3. The molecule has 5 nitrogen and oxygen atoms in total. The Bertz CT molecular complexity index is 773. The molecule has 1 aromatic heterocycles. The highest BCUT2D eigenvalue weighted by molar-refractivity contribution is 6.04. The number of nitrogens with zero attached hydrogens (tertiary/aromatic N) is 3. The lowest BCUT2D eigenvalue weighted by Crippen LogP contribution is -2.38. The van der Waals surface area contributed by atoms with Crippen molar-refractivity contribution in [3.63, 3.8) is 0 Å². The van der Waals surface area contributed by atoms with Gasteiger partial charge in [-0.2, -0.15) is 5.10 Å². The van der Waals surface area contributed by atoms with Crippen LogP contribution in [0.4, 0.5) is 0 Å². The molecule has 3 rings (SSSR count). The Morgan fingerprint density at radius 2 is 1.78 bits per heavy atom. The molecule has 1 aliphatic heterocycles. The Hall–Kier alpha value is -2.17. The summed E-state index contributed by atoms with van der Waals surface area (Å²) in [5.74, 6) is 0.234. The number of hydrogen-bond acceptors (Lipinski definition) is 3.